The van der Waals surface area contributed by atoms with Gasteiger partial charge in [-0.1, -0.05) is 34.8 Å². The summed E-state index contributed by atoms with van der Waals surface area (Å²) in [7, 11) is 14.0. The number of hydrogen-bond acceptors (Lipinski definition) is 29. The van der Waals surface area contributed by atoms with Crippen molar-refractivity contribution in [1.82, 2.24) is 34.8 Å². The van der Waals surface area contributed by atoms with Gasteiger partial charge in [0, 0.05) is 78.1 Å². The number of benzene rings is 6. The number of nitrogens with zero attached hydrogens (tertiary/aromatic N) is 10. The predicted octanol–water partition coefficient (Wildman–Crippen LogP) is 18.5. The van der Waals surface area contributed by atoms with Crippen LogP contribution in [0, 0.1) is 5.92 Å². The van der Waals surface area contributed by atoms with E-state index in [1.807, 2.05) is 12.1 Å². The molecule has 41 heteroatoms. The van der Waals surface area contributed by atoms with Crippen molar-refractivity contribution in [2.75, 3.05) is 157 Å². The van der Waals surface area contributed by atoms with Crippen LogP contribution in [-0.2, 0) is 9.47 Å². The average Bonchev–Trinajstić information content (AvgIpc) is 1.55. The number of anilines is 12. The van der Waals surface area contributed by atoms with Gasteiger partial charge in [-0.25, -0.2) is 59.0 Å². The number of thiophene rings is 3. The van der Waals surface area contributed by atoms with Gasteiger partial charge in [-0.15, -0.1) is 34.0 Å². The lowest BCUT2D eigenvalue weighted by atomic mass is 10.00. The highest BCUT2D eigenvalue weighted by molar-refractivity contribution is 7.22. The Morgan fingerprint density at radius 3 is 1.34 bits per heavy atom. The van der Waals surface area contributed by atoms with Gasteiger partial charge in [0.2, 0.25) is 11.5 Å². The average molecular weight is 1860 g/mol. The van der Waals surface area contributed by atoms with Crippen LogP contribution in [-0.4, -0.2) is 193 Å². The molecule has 6 N–H and O–H groups in total. The molecule has 666 valence electrons. The minimum Gasteiger partial charge on any atom is -0.493 e. The maximum atomic E-state index is 13.6. The van der Waals surface area contributed by atoms with Gasteiger partial charge < -0.3 is 98.4 Å². The van der Waals surface area contributed by atoms with Crippen molar-refractivity contribution < 1.29 is 90.3 Å². The molecule has 0 saturated carbocycles. The number of carbonyl (C=O) groups excluding carboxylic acids is 6. The fourth-order valence-corrected chi connectivity index (χ4v) is 19.2. The molecule has 6 aromatic carbocycles. The van der Waals surface area contributed by atoms with Crippen molar-refractivity contribution in [3.63, 3.8) is 0 Å². The Labute approximate surface area is 759 Å². The van der Waals surface area contributed by atoms with Gasteiger partial charge in [0.15, 0.2) is 63.4 Å². The number of halogens is 3. The summed E-state index contributed by atoms with van der Waals surface area (Å²) in [5.41, 5.74) is 3.62. The van der Waals surface area contributed by atoms with Crippen molar-refractivity contribution in [1.29, 1.82) is 0 Å². The number of ether oxygens (including phenoxy) is 13. The summed E-state index contributed by atoms with van der Waals surface area (Å²) in [6.07, 6.45) is 12.7. The van der Waals surface area contributed by atoms with E-state index in [0.29, 0.717) is 163 Å². The van der Waals surface area contributed by atoms with Gasteiger partial charge in [-0.05, 0) is 132 Å². The van der Waals surface area contributed by atoms with E-state index in [9.17, 15) is 28.8 Å². The summed E-state index contributed by atoms with van der Waals surface area (Å²) in [4.78, 5) is 116. The van der Waals surface area contributed by atoms with Crippen LogP contribution in [0.25, 0.3) is 30.6 Å². The van der Waals surface area contributed by atoms with Crippen molar-refractivity contribution in [2.24, 2.45) is 5.92 Å². The smallest absolute Gasteiger partial charge is 0.332 e. The van der Waals surface area contributed by atoms with E-state index in [1.165, 1.54) is 115 Å². The summed E-state index contributed by atoms with van der Waals surface area (Å²) >= 11 is 22.6. The molecule has 128 heavy (non-hydrogen) atoms. The molecule has 0 bridgehead atoms. The number of carbonyl (C=O) groups is 6. The number of methoxy groups -OCH3 is 8. The van der Waals surface area contributed by atoms with E-state index >= 15 is 0 Å². The van der Waals surface area contributed by atoms with Crippen LogP contribution >= 0.6 is 68.8 Å². The van der Waals surface area contributed by atoms with Crippen LogP contribution in [0.4, 0.5) is 83.0 Å². The van der Waals surface area contributed by atoms with E-state index in [0.717, 1.165) is 93.3 Å². The minimum absolute atomic E-state index is 0.0386. The Hall–Kier alpha value is -12.8. The second-order valence-corrected chi connectivity index (χ2v) is 33.8. The summed E-state index contributed by atoms with van der Waals surface area (Å²) in [6.45, 7) is 5.16. The number of rotatable bonds is 26. The molecule has 3 fully saturated rings. The van der Waals surface area contributed by atoms with E-state index in [2.05, 4.69) is 73.8 Å². The second-order valence-electron chi connectivity index (χ2n) is 29.6. The topological polar surface area (TPSA) is 385 Å². The molecule has 0 spiro atoms. The summed E-state index contributed by atoms with van der Waals surface area (Å²) in [5, 5.41) is 19.6. The van der Waals surface area contributed by atoms with Crippen molar-refractivity contribution in [2.45, 2.75) is 63.6 Å². The normalized spacial score (nSPS) is 16.3. The van der Waals surface area contributed by atoms with Crippen LogP contribution in [0.15, 0.2) is 116 Å². The first kappa shape index (κ1) is 88.6. The van der Waals surface area contributed by atoms with E-state index in [4.69, 9.17) is 96.4 Å². The zero-order chi connectivity index (χ0) is 89.6. The first-order valence-corrected chi connectivity index (χ1v) is 43.9. The van der Waals surface area contributed by atoms with Crippen LogP contribution in [0.3, 0.4) is 0 Å². The van der Waals surface area contributed by atoms with Gasteiger partial charge in [-0.2, -0.15) is 0 Å². The molecule has 12 aromatic rings. The van der Waals surface area contributed by atoms with Gasteiger partial charge in [0.25, 0.3) is 17.7 Å². The Morgan fingerprint density at radius 2 is 0.891 bits per heavy atom. The molecule has 18 rings (SSSR count). The lowest BCUT2D eigenvalue weighted by Crippen LogP contribution is -2.35. The molecule has 6 aromatic heterocycles. The number of likely N-dealkylation sites (tertiary alicyclic amines) is 1. The number of amides is 9. The van der Waals surface area contributed by atoms with E-state index in [-0.39, 0.29) is 67.3 Å². The number of urea groups is 3. The molecule has 0 aliphatic carbocycles. The fraction of sp³-hybridized carbons (Fsp3) is 0.310. The third-order valence-electron chi connectivity index (χ3n) is 21.6. The van der Waals surface area contributed by atoms with Gasteiger partial charge in [0.05, 0.1) is 131 Å². The lowest BCUT2D eigenvalue weighted by molar-refractivity contribution is -0.0115. The minimum atomic E-state index is -0.601. The summed E-state index contributed by atoms with van der Waals surface area (Å²) < 4.78 is 73.2. The van der Waals surface area contributed by atoms with Crippen LogP contribution < -0.4 is 98.7 Å². The second kappa shape index (κ2) is 39.2. The number of hydrogen-bond donors (Lipinski definition) is 6. The van der Waals surface area contributed by atoms with E-state index in [1.54, 1.807) is 84.9 Å². The van der Waals surface area contributed by atoms with Crippen LogP contribution in [0.5, 0.6) is 63.2 Å². The largest absolute Gasteiger partial charge is 0.493 e. The first-order chi connectivity index (χ1) is 62.2. The maximum absolute atomic E-state index is 13.6. The highest BCUT2D eigenvalue weighted by atomic mass is 35.5. The molecule has 6 aliphatic heterocycles. The Kier molecular flexibility index (Phi) is 27.2. The first-order valence-electron chi connectivity index (χ1n) is 40.3. The zero-order valence-corrected chi connectivity index (χ0v) is 75.1. The summed E-state index contributed by atoms with van der Waals surface area (Å²) in [6, 6.07) is 25.6. The van der Waals surface area contributed by atoms with Crippen LogP contribution in [0.1, 0.15) is 80.4 Å². The molecule has 35 nitrogen and oxygen atoms in total. The molecule has 0 radical (unpaired) electrons. The third kappa shape index (κ3) is 18.3. The molecular formula is C87H85Cl3N16O19S3. The molecular weight excluding hydrogens is 1780 g/mol. The molecule has 6 aliphatic rings. The van der Waals surface area contributed by atoms with Crippen molar-refractivity contribution in [3.05, 3.63) is 146 Å². The quantitative estimate of drug-likeness (QED) is 0.0293. The Balaban J connectivity index is 0.000000141. The van der Waals surface area contributed by atoms with E-state index < -0.39 is 29.9 Å². The zero-order valence-electron chi connectivity index (χ0n) is 70.4. The third-order valence-corrected chi connectivity index (χ3v) is 25.8. The Bertz CT molecular complexity index is 6230. The van der Waals surface area contributed by atoms with Gasteiger partial charge in [-0.3, -0.25) is 14.4 Å². The monoisotopic (exact) mass is 1860 g/mol. The standard InChI is InChI=1S/C30H30ClN5O8S.C30H31N5O8S.C27H24Cl2N6O3S/c1-39-19-11-15(8-9-18(19)44-13-16-7-5-6-10-43-16)34-28(37)26-23-21-27(32-14-33-29(21)45-26)36(30(38)35-23)17-12-20(40-2)24(41-3)25(42-4)22(17)31;1-38-20-11-16(8-9-19(20)43-14-18-7-5-6-10-42-18)33-28(36)26-24-23-27(31-15-32-29(23)44-26)35(30(37)34-24)17-12-21(39-2)25(41-4)22(13-17)40-3;1-34-10-2-3-15(12-34)13-38-18-7-5-17(6-8-18)32-25(36)23-22-21-24(30-14-31-26(21)39-23)35(27(37)33-22)20-9-4-16(28)11-19(20)29/h8-9,11-12,14,16H,5-7,10,13H2,1-4H3,(H,34,37)(H,35,38);8-9,11-13,15,18H,5-7,10,14H2,1-4H3,(H,33,36)(H,34,37);4-9,11,14-15H,2-3,10,12-13H2,1H3,(H,32,36)(H,33,37). The summed E-state index contributed by atoms with van der Waals surface area (Å²) in [5.74, 6) is 4.77. The molecule has 12 heterocycles. The number of piperidine rings is 1. The highest BCUT2D eigenvalue weighted by Crippen LogP contribution is 2.55. The van der Waals surface area contributed by atoms with Crippen molar-refractivity contribution in [3.8, 4) is 63.2 Å². The van der Waals surface area contributed by atoms with Gasteiger partial charge >= 0.3 is 18.1 Å². The number of nitrogens with one attached hydrogen (secondary N) is 6. The van der Waals surface area contributed by atoms with Crippen LogP contribution in [0.2, 0.25) is 15.1 Å². The lowest BCUT2D eigenvalue weighted by Gasteiger charge is -2.29. The molecule has 9 amide bonds. The maximum Gasteiger partial charge on any atom is 0.332 e. The fourth-order valence-electron chi connectivity index (χ4n) is 15.5. The molecule has 3 saturated heterocycles. The van der Waals surface area contributed by atoms with Gasteiger partial charge in [0.1, 0.15) is 72.1 Å². The Morgan fingerprint density at radius 1 is 0.445 bits per heavy atom. The predicted molar refractivity (Wildman–Crippen MR) is 490 cm³/mol. The molecule has 3 unspecified atom stereocenters. The highest BCUT2D eigenvalue weighted by Gasteiger charge is 2.40. The molecule has 3 atom stereocenters. The SMILES string of the molecule is CN1CCCC(COc2ccc(NC(=O)c3sc4ncnc5c4c3NC(=O)N5c3ccc(Cl)cc3Cl)cc2)C1.COc1cc(NC(=O)c2sc3ncnc4c3c2NC(=O)N4c2cc(OC)c(OC)c(OC)c2)ccc1OCC1CCCCO1.COc1cc(NC(=O)c2sc3ncnc4c3c2NC(=O)N4c2cc(OC)c(OC)c(OC)c2Cl)ccc1OCC1CCCCO1. The van der Waals surface area contributed by atoms with Crippen molar-refractivity contribution >= 4 is 204 Å². The number of aromatic nitrogens is 6.